The Hall–Kier alpha value is -4.23. The van der Waals surface area contributed by atoms with Crippen molar-refractivity contribution in [1.82, 2.24) is 14.9 Å². The van der Waals surface area contributed by atoms with Crippen LogP contribution in [-0.2, 0) is 13.0 Å². The summed E-state index contributed by atoms with van der Waals surface area (Å²) in [6.07, 6.45) is 2.20. The first kappa shape index (κ1) is 22.9. The molecular weight excluding hydrogens is 437 g/mol. The lowest BCUT2D eigenvalue weighted by atomic mass is 9.99. The smallest absolute Gasteiger partial charge is 0.254 e. The summed E-state index contributed by atoms with van der Waals surface area (Å²) < 4.78 is 20.2. The fourth-order valence-electron chi connectivity index (χ4n) is 3.92. The van der Waals surface area contributed by atoms with E-state index in [4.69, 9.17) is 15.7 Å². The fraction of sp³-hybridized carbons (Fsp3) is 0.250. The van der Waals surface area contributed by atoms with Gasteiger partial charge in [0.2, 0.25) is 5.95 Å². The number of nitrogens with one attached hydrogen (secondary N) is 2. The fourth-order valence-corrected chi connectivity index (χ4v) is 3.92. The van der Waals surface area contributed by atoms with Gasteiger partial charge in [-0.3, -0.25) is 4.79 Å². The number of likely N-dealkylation sites (N-methyl/N-ethyl adjacent to an activating group) is 1. The molecule has 0 saturated heterocycles. The van der Waals surface area contributed by atoms with Crippen LogP contribution in [0.4, 0.5) is 27.5 Å². The van der Waals surface area contributed by atoms with Crippen molar-refractivity contribution in [1.29, 1.82) is 5.26 Å². The molecule has 0 atom stereocenters. The van der Waals surface area contributed by atoms with Crippen LogP contribution in [0.15, 0.2) is 30.5 Å². The van der Waals surface area contributed by atoms with Crippen LogP contribution >= 0.6 is 0 Å². The van der Waals surface area contributed by atoms with Crippen molar-refractivity contribution in [2.75, 3.05) is 31.3 Å². The molecule has 0 radical (unpaired) electrons. The Balaban J connectivity index is 1.71. The molecule has 0 bridgehead atoms. The van der Waals surface area contributed by atoms with Crippen LogP contribution in [0.1, 0.15) is 32.6 Å². The average molecular weight is 462 g/mol. The molecule has 1 aliphatic heterocycles. The number of fused-ring (bicyclic) bond motifs is 1. The van der Waals surface area contributed by atoms with E-state index in [2.05, 4.69) is 32.5 Å². The number of ether oxygens (including phenoxy) is 1. The molecule has 1 aromatic heterocycles. The number of nitrogens with zero attached hydrogens (tertiary/aromatic N) is 4. The largest absolute Gasteiger partial charge is 0.495 e. The number of benzene rings is 2. The van der Waals surface area contributed by atoms with E-state index < -0.39 is 11.7 Å². The van der Waals surface area contributed by atoms with Gasteiger partial charge in [-0.2, -0.15) is 10.2 Å². The van der Waals surface area contributed by atoms with Gasteiger partial charge in [-0.25, -0.2) is 9.37 Å². The lowest BCUT2D eigenvalue weighted by Crippen LogP contribution is -2.26. The molecule has 1 amide bonds. The van der Waals surface area contributed by atoms with Gasteiger partial charge in [-0.05, 0) is 61.3 Å². The van der Waals surface area contributed by atoms with E-state index in [1.54, 1.807) is 14.0 Å². The highest BCUT2D eigenvalue weighted by atomic mass is 19.1. The molecule has 0 spiro atoms. The highest BCUT2D eigenvalue weighted by molar-refractivity contribution is 5.98. The van der Waals surface area contributed by atoms with Crippen LogP contribution in [-0.4, -0.2) is 41.5 Å². The minimum absolute atomic E-state index is 0.00672. The van der Waals surface area contributed by atoms with Crippen molar-refractivity contribution in [3.8, 4) is 11.8 Å². The predicted octanol–water partition coefficient (Wildman–Crippen LogP) is 3.38. The lowest BCUT2D eigenvalue weighted by Gasteiger charge is -2.26. The van der Waals surface area contributed by atoms with Crippen LogP contribution in [0.2, 0.25) is 0 Å². The Morgan fingerprint density at radius 2 is 2.06 bits per heavy atom. The summed E-state index contributed by atoms with van der Waals surface area (Å²) in [4.78, 5) is 22.8. The van der Waals surface area contributed by atoms with Crippen LogP contribution < -0.4 is 21.1 Å². The van der Waals surface area contributed by atoms with Gasteiger partial charge in [0.25, 0.3) is 5.91 Å². The molecule has 0 fully saturated rings. The number of anilines is 4. The van der Waals surface area contributed by atoms with Crippen molar-refractivity contribution >= 4 is 29.0 Å². The van der Waals surface area contributed by atoms with Gasteiger partial charge in [-0.1, -0.05) is 0 Å². The van der Waals surface area contributed by atoms with Gasteiger partial charge in [0.15, 0.2) is 0 Å². The van der Waals surface area contributed by atoms with Crippen molar-refractivity contribution in [3.63, 3.8) is 0 Å². The number of nitriles is 1. The second kappa shape index (κ2) is 9.33. The van der Waals surface area contributed by atoms with Crippen LogP contribution in [0, 0.1) is 24.1 Å². The monoisotopic (exact) mass is 461 g/mol. The van der Waals surface area contributed by atoms with E-state index in [0.29, 0.717) is 17.0 Å². The summed E-state index contributed by atoms with van der Waals surface area (Å²) in [5.74, 6) is -0.583. The Morgan fingerprint density at radius 3 is 2.74 bits per heavy atom. The number of hydrogen-bond acceptors (Lipinski definition) is 8. The second-order valence-electron chi connectivity index (χ2n) is 8.14. The van der Waals surface area contributed by atoms with Crippen LogP contribution in [0.5, 0.6) is 5.75 Å². The number of carbonyl (C=O) groups excluding carboxylic acids is 1. The number of halogens is 1. The minimum Gasteiger partial charge on any atom is -0.495 e. The number of primary amides is 1. The van der Waals surface area contributed by atoms with Crippen molar-refractivity contribution in [2.45, 2.75) is 19.9 Å². The third-order valence-electron chi connectivity index (χ3n) is 5.69. The second-order valence-corrected chi connectivity index (χ2v) is 8.14. The van der Waals surface area contributed by atoms with E-state index in [1.807, 2.05) is 18.2 Å². The molecule has 0 aliphatic carbocycles. The molecular formula is C24H24FN7O2. The molecule has 4 rings (SSSR count). The number of aryl methyl sites for hydroxylation is 1. The SMILES string of the molecule is COc1cc2c(cc1Nc1ncc(C(N)=O)c(Nc3c(C)cc(C#N)cc3F)n1)CN(C)CC2. The summed E-state index contributed by atoms with van der Waals surface area (Å²) in [5, 5.41) is 15.0. The van der Waals surface area contributed by atoms with E-state index >= 15 is 0 Å². The number of carbonyl (C=O) groups is 1. The van der Waals surface area contributed by atoms with E-state index in [0.717, 1.165) is 25.6 Å². The van der Waals surface area contributed by atoms with Gasteiger partial charge in [0.1, 0.15) is 22.9 Å². The maximum absolute atomic E-state index is 14.6. The molecule has 0 unspecified atom stereocenters. The highest BCUT2D eigenvalue weighted by Crippen LogP contribution is 2.33. The summed E-state index contributed by atoms with van der Waals surface area (Å²) in [6, 6.07) is 8.54. The third kappa shape index (κ3) is 4.60. The predicted molar refractivity (Wildman–Crippen MR) is 126 cm³/mol. The molecule has 9 nitrogen and oxygen atoms in total. The molecule has 174 valence electrons. The maximum atomic E-state index is 14.6. The number of rotatable bonds is 6. The minimum atomic E-state index is -0.768. The topological polar surface area (TPSA) is 129 Å². The Labute approximate surface area is 196 Å². The van der Waals surface area contributed by atoms with Gasteiger partial charge < -0.3 is 26.0 Å². The first-order valence-corrected chi connectivity index (χ1v) is 10.6. The summed E-state index contributed by atoms with van der Waals surface area (Å²) in [6.45, 7) is 3.42. The van der Waals surface area contributed by atoms with Crippen molar-refractivity contribution in [3.05, 3.63) is 64.1 Å². The lowest BCUT2D eigenvalue weighted by molar-refractivity contribution is 0.100. The maximum Gasteiger partial charge on any atom is 0.254 e. The van der Waals surface area contributed by atoms with Crippen molar-refractivity contribution in [2.24, 2.45) is 5.73 Å². The molecule has 4 N–H and O–H groups in total. The third-order valence-corrected chi connectivity index (χ3v) is 5.69. The first-order chi connectivity index (χ1) is 16.3. The first-order valence-electron chi connectivity index (χ1n) is 10.6. The molecule has 0 saturated carbocycles. The standard InChI is InChI=1S/C24H24FN7O2/c1-13-6-14(10-26)7-18(25)21(13)30-23-17(22(27)33)11-28-24(31-23)29-19-8-16-12-32(2)5-4-15(16)9-20(19)34-3/h6-9,11H,4-5,12H2,1-3H3,(H2,27,33)(H2,28,29,30,31). The Bertz CT molecular complexity index is 1300. The molecule has 1 aliphatic rings. The van der Waals surface area contributed by atoms with Gasteiger partial charge in [-0.15, -0.1) is 0 Å². The number of methoxy groups -OCH3 is 1. The average Bonchev–Trinajstić information content (AvgIpc) is 2.80. The highest BCUT2D eigenvalue weighted by Gasteiger charge is 2.19. The van der Waals surface area contributed by atoms with Gasteiger partial charge >= 0.3 is 0 Å². The molecule has 3 aromatic rings. The normalized spacial score (nSPS) is 13.0. The quantitative estimate of drug-likeness (QED) is 0.510. The number of nitrogens with two attached hydrogens (primary N) is 1. The zero-order valence-corrected chi connectivity index (χ0v) is 19.1. The van der Waals surface area contributed by atoms with E-state index in [1.165, 1.54) is 23.4 Å². The number of aromatic nitrogens is 2. The van der Waals surface area contributed by atoms with Crippen LogP contribution in [0.3, 0.4) is 0 Å². The Morgan fingerprint density at radius 1 is 1.26 bits per heavy atom. The molecule has 2 heterocycles. The number of amides is 1. The van der Waals surface area contributed by atoms with Crippen molar-refractivity contribution < 1.29 is 13.9 Å². The summed E-state index contributed by atoms with van der Waals surface area (Å²) >= 11 is 0. The number of hydrogen-bond donors (Lipinski definition) is 3. The van der Waals surface area contributed by atoms with E-state index in [-0.39, 0.29) is 28.6 Å². The molecule has 10 heteroatoms. The van der Waals surface area contributed by atoms with Gasteiger partial charge in [0, 0.05) is 19.3 Å². The zero-order valence-electron chi connectivity index (χ0n) is 19.1. The zero-order chi connectivity index (χ0) is 24.4. The molecule has 2 aromatic carbocycles. The summed E-state index contributed by atoms with van der Waals surface area (Å²) in [5.41, 5.74) is 9.27. The van der Waals surface area contributed by atoms with E-state index in [9.17, 15) is 9.18 Å². The van der Waals surface area contributed by atoms with Crippen LogP contribution in [0.25, 0.3) is 0 Å². The summed E-state index contributed by atoms with van der Waals surface area (Å²) in [7, 11) is 3.65. The molecule has 34 heavy (non-hydrogen) atoms. The van der Waals surface area contributed by atoms with Gasteiger partial charge in [0.05, 0.1) is 30.1 Å². The Kier molecular flexibility index (Phi) is 6.30.